The lowest BCUT2D eigenvalue weighted by Crippen LogP contribution is -2.40. The number of likely N-dealkylation sites (N-methyl/N-ethyl adjacent to an activating group) is 1. The quantitative estimate of drug-likeness (QED) is 0.781. The van der Waals surface area contributed by atoms with E-state index in [1.165, 1.54) is 19.2 Å². The molecule has 1 amide bonds. The van der Waals surface area contributed by atoms with Crippen LogP contribution in [0.1, 0.15) is 20.8 Å². The van der Waals surface area contributed by atoms with Crippen LogP contribution in [0.3, 0.4) is 0 Å². The molecule has 0 heterocycles. The number of hydrogen-bond acceptors (Lipinski definition) is 4. The Bertz CT molecular complexity index is 478. The minimum Gasteiger partial charge on any atom is -0.495 e. The van der Waals surface area contributed by atoms with Crippen LogP contribution >= 0.6 is 0 Å². The lowest BCUT2D eigenvalue weighted by molar-refractivity contribution is -0.120. The molecule has 112 valence electrons. The molecule has 0 fully saturated rings. The molecule has 0 aliphatic rings. The first-order valence-corrected chi connectivity index (χ1v) is 6.56. The van der Waals surface area contributed by atoms with Crippen molar-refractivity contribution in [3.8, 4) is 5.75 Å². The minimum atomic E-state index is -0.470. The van der Waals surface area contributed by atoms with Gasteiger partial charge in [-0.15, -0.1) is 0 Å². The summed E-state index contributed by atoms with van der Waals surface area (Å²) in [5.74, 6) is -0.233. The molecule has 20 heavy (non-hydrogen) atoms. The molecule has 0 saturated heterocycles. The van der Waals surface area contributed by atoms with Gasteiger partial charge in [-0.05, 0) is 20.8 Å². The number of nitrogens with one attached hydrogen (secondary N) is 1. The number of nitrogen functional groups attached to an aromatic ring is 1. The fraction of sp³-hybridized carbons (Fsp3) is 0.500. The van der Waals surface area contributed by atoms with Gasteiger partial charge in [0.2, 0.25) is 5.91 Å². The summed E-state index contributed by atoms with van der Waals surface area (Å²) in [5.41, 5.74) is 6.18. The number of carbonyl (C=O) groups excluding carboxylic acids is 1. The maximum Gasteiger partial charge on any atom is 0.239 e. The van der Waals surface area contributed by atoms with E-state index < -0.39 is 5.82 Å². The number of methoxy groups -OCH3 is 1. The summed E-state index contributed by atoms with van der Waals surface area (Å²) in [4.78, 5) is 13.4. The molecule has 1 aromatic carbocycles. The van der Waals surface area contributed by atoms with Crippen LogP contribution < -0.4 is 20.7 Å². The molecule has 0 radical (unpaired) electrons. The van der Waals surface area contributed by atoms with Gasteiger partial charge in [0.15, 0.2) is 0 Å². The molecule has 0 bridgehead atoms. The van der Waals surface area contributed by atoms with Crippen LogP contribution in [0.5, 0.6) is 5.75 Å². The highest BCUT2D eigenvalue weighted by Gasteiger charge is 2.17. The zero-order chi connectivity index (χ0) is 15.3. The van der Waals surface area contributed by atoms with E-state index in [9.17, 15) is 9.18 Å². The first-order valence-electron chi connectivity index (χ1n) is 6.56. The highest BCUT2D eigenvalue weighted by molar-refractivity contribution is 5.82. The molecule has 0 aliphatic carbocycles. The van der Waals surface area contributed by atoms with Gasteiger partial charge < -0.3 is 20.7 Å². The zero-order valence-electron chi connectivity index (χ0n) is 12.4. The number of halogens is 1. The molecular weight excluding hydrogens is 261 g/mol. The summed E-state index contributed by atoms with van der Waals surface area (Å²) in [6, 6.07) is 2.76. The summed E-state index contributed by atoms with van der Waals surface area (Å²) < 4.78 is 19.1. The predicted molar refractivity (Wildman–Crippen MR) is 78.5 cm³/mol. The van der Waals surface area contributed by atoms with E-state index in [-0.39, 0.29) is 24.2 Å². The van der Waals surface area contributed by atoms with Crippen molar-refractivity contribution in [3.63, 3.8) is 0 Å². The fourth-order valence-electron chi connectivity index (χ4n) is 1.89. The van der Waals surface area contributed by atoms with Gasteiger partial charge >= 0.3 is 0 Å². The van der Waals surface area contributed by atoms with Gasteiger partial charge in [0.25, 0.3) is 0 Å². The van der Waals surface area contributed by atoms with E-state index in [2.05, 4.69) is 5.32 Å². The second-order valence-electron chi connectivity index (χ2n) is 4.78. The Balaban J connectivity index is 2.97. The maximum atomic E-state index is 14.0. The lowest BCUT2D eigenvalue weighted by Gasteiger charge is -2.24. The average molecular weight is 283 g/mol. The van der Waals surface area contributed by atoms with Crippen molar-refractivity contribution in [2.75, 3.05) is 30.8 Å². The molecule has 0 unspecified atom stereocenters. The van der Waals surface area contributed by atoms with Crippen LogP contribution in [0.25, 0.3) is 0 Å². The van der Waals surface area contributed by atoms with Gasteiger partial charge in [-0.25, -0.2) is 4.39 Å². The van der Waals surface area contributed by atoms with Crippen molar-refractivity contribution in [2.24, 2.45) is 0 Å². The van der Waals surface area contributed by atoms with Gasteiger partial charge in [-0.1, -0.05) is 0 Å². The topological polar surface area (TPSA) is 67.6 Å². The number of carbonyl (C=O) groups is 1. The van der Waals surface area contributed by atoms with Gasteiger partial charge in [0.05, 0.1) is 25.0 Å². The Kier molecular flexibility index (Phi) is 5.61. The summed E-state index contributed by atoms with van der Waals surface area (Å²) >= 11 is 0. The van der Waals surface area contributed by atoms with E-state index in [0.717, 1.165) is 0 Å². The van der Waals surface area contributed by atoms with Gasteiger partial charge in [-0.3, -0.25) is 4.79 Å². The van der Waals surface area contributed by atoms with E-state index in [1.807, 2.05) is 20.8 Å². The zero-order valence-corrected chi connectivity index (χ0v) is 12.4. The Morgan fingerprint density at radius 1 is 1.50 bits per heavy atom. The van der Waals surface area contributed by atoms with Crippen LogP contribution in [0.15, 0.2) is 12.1 Å². The summed E-state index contributed by atoms with van der Waals surface area (Å²) in [5, 5.41) is 2.78. The number of nitrogens with zero attached hydrogens (tertiary/aromatic N) is 1. The van der Waals surface area contributed by atoms with E-state index >= 15 is 0 Å². The number of amides is 1. The smallest absolute Gasteiger partial charge is 0.239 e. The predicted octanol–water partition coefficient (Wildman–Crippen LogP) is 1.77. The normalized spacial score (nSPS) is 10.5. The van der Waals surface area contributed by atoms with E-state index in [4.69, 9.17) is 10.5 Å². The Morgan fingerprint density at radius 2 is 2.15 bits per heavy atom. The van der Waals surface area contributed by atoms with Crippen molar-refractivity contribution < 1.29 is 13.9 Å². The molecule has 3 N–H and O–H groups in total. The summed E-state index contributed by atoms with van der Waals surface area (Å²) in [6.07, 6.45) is 0. The molecule has 0 aliphatic heterocycles. The maximum absolute atomic E-state index is 14.0. The lowest BCUT2D eigenvalue weighted by atomic mass is 10.2. The molecule has 0 atom stereocenters. The van der Waals surface area contributed by atoms with Gasteiger partial charge in [0, 0.05) is 24.7 Å². The van der Waals surface area contributed by atoms with Gasteiger partial charge in [-0.2, -0.15) is 0 Å². The first-order chi connectivity index (χ1) is 9.38. The highest BCUT2D eigenvalue weighted by atomic mass is 19.1. The molecule has 1 aromatic rings. The third kappa shape index (κ3) is 4.01. The number of ether oxygens (including phenoxy) is 1. The van der Waals surface area contributed by atoms with E-state index in [0.29, 0.717) is 18.0 Å². The summed E-state index contributed by atoms with van der Waals surface area (Å²) in [7, 11) is 1.47. The summed E-state index contributed by atoms with van der Waals surface area (Å²) in [6.45, 7) is 6.18. The Labute approximate surface area is 118 Å². The SMILES string of the molecule is CCN(CC(=O)NC(C)C)c1cc(OC)c(N)cc1F. The van der Waals surface area contributed by atoms with Crippen LogP contribution in [-0.4, -0.2) is 32.1 Å². The third-order valence-corrected chi connectivity index (χ3v) is 2.81. The molecule has 0 spiro atoms. The highest BCUT2D eigenvalue weighted by Crippen LogP contribution is 2.30. The van der Waals surface area contributed by atoms with Crippen molar-refractivity contribution >= 4 is 17.3 Å². The number of nitrogens with two attached hydrogens (primary N) is 1. The molecule has 5 nitrogen and oxygen atoms in total. The van der Waals surface area contributed by atoms with Gasteiger partial charge in [0.1, 0.15) is 11.6 Å². The van der Waals surface area contributed by atoms with Crippen LogP contribution in [0.2, 0.25) is 0 Å². The number of hydrogen-bond donors (Lipinski definition) is 2. The molecule has 1 rings (SSSR count). The minimum absolute atomic E-state index is 0.0482. The number of benzene rings is 1. The molecule has 6 heteroatoms. The largest absolute Gasteiger partial charge is 0.495 e. The Hall–Kier alpha value is -1.98. The average Bonchev–Trinajstić information content (AvgIpc) is 2.35. The standard InChI is InChI=1S/C14H22FN3O2/c1-5-18(8-14(19)17-9(2)3)12-7-13(20-4)11(16)6-10(12)15/h6-7,9H,5,8,16H2,1-4H3,(H,17,19). The monoisotopic (exact) mass is 283 g/mol. The van der Waals surface area contributed by atoms with Crippen molar-refractivity contribution in [1.82, 2.24) is 5.32 Å². The van der Waals surface area contributed by atoms with E-state index in [1.54, 1.807) is 4.90 Å². The van der Waals surface area contributed by atoms with Crippen molar-refractivity contribution in [1.29, 1.82) is 0 Å². The first kappa shape index (κ1) is 16.1. The number of rotatable bonds is 6. The molecule has 0 saturated carbocycles. The van der Waals surface area contributed by atoms with Crippen LogP contribution in [-0.2, 0) is 4.79 Å². The number of anilines is 2. The molecular formula is C14H22FN3O2. The van der Waals surface area contributed by atoms with Crippen LogP contribution in [0, 0.1) is 5.82 Å². The second kappa shape index (κ2) is 6.98. The third-order valence-electron chi connectivity index (χ3n) is 2.81. The second-order valence-corrected chi connectivity index (χ2v) is 4.78. The fourth-order valence-corrected chi connectivity index (χ4v) is 1.89. The molecule has 0 aromatic heterocycles. The van der Waals surface area contributed by atoms with Crippen LogP contribution in [0.4, 0.5) is 15.8 Å². The van der Waals surface area contributed by atoms with Crippen molar-refractivity contribution in [3.05, 3.63) is 17.9 Å². The Morgan fingerprint density at radius 3 is 2.65 bits per heavy atom. The van der Waals surface area contributed by atoms with Crippen molar-refractivity contribution in [2.45, 2.75) is 26.8 Å².